The number of alkyl halides is 3. The molecule has 0 spiro atoms. The number of carbonyl (C=O) groups is 2. The van der Waals surface area contributed by atoms with Crippen LogP contribution in [0.5, 0.6) is 0 Å². The molecule has 4 heterocycles. The molecule has 2 saturated carbocycles. The molecule has 2 bridgehead atoms. The second-order valence-corrected chi connectivity index (χ2v) is 12.4. The molecular weight excluding hydrogens is 517 g/mol. The van der Waals surface area contributed by atoms with Gasteiger partial charge >= 0.3 is 6.18 Å². The van der Waals surface area contributed by atoms with E-state index in [2.05, 4.69) is 4.98 Å². The zero-order valence-corrected chi connectivity index (χ0v) is 20.3. The van der Waals surface area contributed by atoms with Crippen LogP contribution >= 0.6 is 35.3 Å². The van der Waals surface area contributed by atoms with E-state index in [1.807, 2.05) is 12.1 Å². The third kappa shape index (κ3) is 2.97. The van der Waals surface area contributed by atoms with Gasteiger partial charge in [-0.25, -0.2) is 0 Å². The Morgan fingerprint density at radius 3 is 2.57 bits per heavy atom. The monoisotopic (exact) mass is 534 g/mol. The molecule has 1 N–H and O–H groups in total. The van der Waals surface area contributed by atoms with E-state index < -0.39 is 23.6 Å². The summed E-state index contributed by atoms with van der Waals surface area (Å²) in [6, 6.07) is 8.26. The average molecular weight is 535 g/mol. The molecule has 3 aromatic rings. The summed E-state index contributed by atoms with van der Waals surface area (Å²) in [6.45, 7) is 0. The standard InChI is InChI=1S/C24H17F3N2O3S3/c25-24(26,27)9-3-1-4-10(7-9)29-21(30)15-11-8-12(16(15)22(29)31)18-14(11)17(13-5-2-6-32-13)19-20(34-18)28-23(33)35-19/h1-7,11-12,14-18H,8H2,(H,28,33). The lowest BCUT2D eigenvalue weighted by Gasteiger charge is -2.42. The van der Waals surface area contributed by atoms with Gasteiger partial charge in [-0.2, -0.15) is 13.2 Å². The number of aromatic nitrogens is 1. The number of fused-ring (bicyclic) bond motifs is 9. The maximum atomic E-state index is 13.6. The number of thiazole rings is 1. The molecule has 1 aromatic carbocycles. The number of benzene rings is 1. The quantitative estimate of drug-likeness (QED) is 0.318. The minimum absolute atomic E-state index is 0.00924. The molecule has 2 aliphatic carbocycles. The van der Waals surface area contributed by atoms with Crippen LogP contribution in [0.3, 0.4) is 0 Å². The highest BCUT2D eigenvalue weighted by atomic mass is 32.2. The van der Waals surface area contributed by atoms with Gasteiger partial charge in [-0.05, 0) is 66.7 Å². The van der Waals surface area contributed by atoms with Gasteiger partial charge in [-0.3, -0.25) is 14.5 Å². The van der Waals surface area contributed by atoms with Crippen molar-refractivity contribution < 1.29 is 27.2 Å². The Kier molecular flexibility index (Phi) is 4.58. The maximum absolute atomic E-state index is 13.6. The number of thioether (sulfide) groups is 1. The number of carbonyl (C=O) groups excluding carboxylic acids is 2. The molecule has 3 fully saturated rings. The van der Waals surface area contributed by atoms with Crippen LogP contribution < -0.4 is 4.90 Å². The maximum Gasteiger partial charge on any atom is 0.416 e. The molecule has 2 amide bonds. The highest BCUT2D eigenvalue weighted by Gasteiger charge is 2.70. The molecule has 180 valence electrons. The highest BCUT2D eigenvalue weighted by Crippen LogP contribution is 2.69. The largest absolute Gasteiger partial charge is 0.469 e. The average Bonchev–Trinajstić information content (AvgIpc) is 3.61. The number of H-pyrrole nitrogens is 1. The fourth-order valence-corrected chi connectivity index (χ4v) is 10.2. The summed E-state index contributed by atoms with van der Waals surface area (Å²) in [7, 11) is 0. The first-order chi connectivity index (χ1) is 16.7. The molecule has 1 saturated heterocycles. The Hall–Kier alpha value is -2.37. The van der Waals surface area contributed by atoms with Crippen molar-refractivity contribution in [3.8, 4) is 0 Å². The normalized spacial score (nSPS) is 33.2. The van der Waals surface area contributed by atoms with Crippen molar-refractivity contribution in [1.29, 1.82) is 0 Å². The van der Waals surface area contributed by atoms with Gasteiger partial charge in [0.15, 0.2) is 3.95 Å². The summed E-state index contributed by atoms with van der Waals surface area (Å²) < 4.78 is 46.4. The zero-order chi connectivity index (χ0) is 24.2. The lowest BCUT2D eigenvalue weighted by molar-refractivity contribution is -0.137. The fraction of sp³-hybridized carbons (Fsp3) is 0.375. The molecule has 5 nitrogen and oxygen atoms in total. The summed E-state index contributed by atoms with van der Waals surface area (Å²) in [5.74, 6) is -1.12. The van der Waals surface area contributed by atoms with E-state index >= 15 is 0 Å². The minimum Gasteiger partial charge on any atom is -0.469 e. The van der Waals surface area contributed by atoms with E-state index in [1.165, 1.54) is 23.5 Å². The van der Waals surface area contributed by atoms with Crippen molar-refractivity contribution in [3.63, 3.8) is 0 Å². The zero-order valence-electron chi connectivity index (χ0n) is 17.8. The minimum atomic E-state index is -4.56. The van der Waals surface area contributed by atoms with Gasteiger partial charge in [0.05, 0.1) is 40.3 Å². The van der Waals surface area contributed by atoms with Crippen molar-refractivity contribution in [2.75, 3.05) is 4.90 Å². The topological polar surface area (TPSA) is 66.3 Å². The number of hydrogen-bond donors (Lipinski definition) is 1. The van der Waals surface area contributed by atoms with Crippen molar-refractivity contribution in [2.24, 2.45) is 29.6 Å². The Balaban J connectivity index is 1.30. The van der Waals surface area contributed by atoms with Crippen LogP contribution in [0.2, 0.25) is 0 Å². The molecule has 2 aromatic heterocycles. The number of amides is 2. The van der Waals surface area contributed by atoms with E-state index in [1.54, 1.807) is 18.0 Å². The van der Waals surface area contributed by atoms with Crippen molar-refractivity contribution in [2.45, 2.75) is 28.8 Å². The van der Waals surface area contributed by atoms with Crippen LogP contribution in [-0.2, 0) is 15.8 Å². The van der Waals surface area contributed by atoms with Gasteiger partial charge in [-0.1, -0.05) is 6.07 Å². The Morgan fingerprint density at radius 2 is 1.86 bits per heavy atom. The number of nitrogens with one attached hydrogen (secondary N) is 1. The number of hydrogen-bond acceptors (Lipinski definition) is 6. The highest BCUT2D eigenvalue weighted by molar-refractivity contribution is 8.00. The first-order valence-electron chi connectivity index (χ1n) is 11.2. The van der Waals surface area contributed by atoms with Crippen molar-refractivity contribution in [3.05, 3.63) is 62.8 Å². The van der Waals surface area contributed by atoms with Crippen LogP contribution in [0, 0.1) is 33.5 Å². The summed E-state index contributed by atoms with van der Waals surface area (Å²) in [5.41, 5.74) is -0.887. The van der Waals surface area contributed by atoms with Gasteiger partial charge in [-0.15, -0.1) is 23.1 Å². The molecular formula is C24H17F3N2O3S3. The van der Waals surface area contributed by atoms with E-state index in [4.69, 9.17) is 16.6 Å². The van der Waals surface area contributed by atoms with E-state index in [-0.39, 0.29) is 46.4 Å². The summed E-state index contributed by atoms with van der Waals surface area (Å²) in [6.07, 6.45) is -2.18. The number of nitrogens with zero attached hydrogens (tertiary/aromatic N) is 1. The number of rotatable bonds is 2. The lowest BCUT2D eigenvalue weighted by Crippen LogP contribution is -2.42. The van der Waals surface area contributed by atoms with Crippen LogP contribution in [0.25, 0.3) is 0 Å². The molecule has 7 rings (SSSR count). The SMILES string of the molecule is O=C1C2C3CC(C2C(=O)N1c1cccc(C(F)(F)F)c1)C1C(c2ccco2)c2sc(=S)[nH]c2SC31. The molecule has 4 aliphatic rings. The van der Waals surface area contributed by atoms with Gasteiger partial charge in [0.2, 0.25) is 11.8 Å². The third-order valence-electron chi connectivity index (χ3n) is 8.01. The smallest absolute Gasteiger partial charge is 0.416 e. The van der Waals surface area contributed by atoms with Crippen LogP contribution in [0.15, 0.2) is 52.1 Å². The fourth-order valence-electron chi connectivity index (χ4n) is 6.88. The first kappa shape index (κ1) is 21.9. The number of halogens is 3. The van der Waals surface area contributed by atoms with Crippen molar-refractivity contribution in [1.82, 2.24) is 4.98 Å². The summed E-state index contributed by atoms with van der Waals surface area (Å²) in [4.78, 5) is 32.6. The number of imide groups is 1. The molecule has 7 unspecified atom stereocenters. The van der Waals surface area contributed by atoms with Gasteiger partial charge in [0, 0.05) is 10.1 Å². The molecule has 11 heteroatoms. The van der Waals surface area contributed by atoms with Crippen molar-refractivity contribution >= 4 is 52.8 Å². The number of aromatic amines is 1. The van der Waals surface area contributed by atoms with Gasteiger partial charge in [0.1, 0.15) is 5.76 Å². The second-order valence-electron chi connectivity index (χ2n) is 9.54. The molecule has 7 atom stereocenters. The Labute approximate surface area is 210 Å². The third-order valence-corrected chi connectivity index (χ3v) is 10.9. The predicted octanol–water partition coefficient (Wildman–Crippen LogP) is 6.10. The predicted molar refractivity (Wildman–Crippen MR) is 126 cm³/mol. The molecule has 35 heavy (non-hydrogen) atoms. The summed E-state index contributed by atoms with van der Waals surface area (Å²) in [5, 5.41) is 1.07. The molecule has 2 aliphatic heterocycles. The van der Waals surface area contributed by atoms with Crippen LogP contribution in [0.1, 0.15) is 28.5 Å². The van der Waals surface area contributed by atoms with E-state index in [9.17, 15) is 22.8 Å². The molecule has 0 radical (unpaired) electrons. The lowest BCUT2D eigenvalue weighted by atomic mass is 9.69. The summed E-state index contributed by atoms with van der Waals surface area (Å²) >= 11 is 8.61. The Bertz CT molecular complexity index is 1430. The Morgan fingerprint density at radius 1 is 1.09 bits per heavy atom. The second kappa shape index (κ2) is 7.33. The van der Waals surface area contributed by atoms with Gasteiger partial charge in [0.25, 0.3) is 0 Å². The first-order valence-corrected chi connectivity index (χ1v) is 13.3. The number of anilines is 1. The van der Waals surface area contributed by atoms with Gasteiger partial charge < -0.3 is 9.40 Å². The van der Waals surface area contributed by atoms with E-state index in [0.29, 0.717) is 3.95 Å². The number of furan rings is 1. The van der Waals surface area contributed by atoms with E-state index in [0.717, 1.165) is 39.1 Å². The van der Waals surface area contributed by atoms with Crippen LogP contribution in [0.4, 0.5) is 18.9 Å². The van der Waals surface area contributed by atoms with Crippen LogP contribution in [-0.4, -0.2) is 22.0 Å².